The summed E-state index contributed by atoms with van der Waals surface area (Å²) in [5, 5.41) is 3.10. The molecule has 7 nitrogen and oxygen atoms in total. The van der Waals surface area contributed by atoms with E-state index in [0.717, 1.165) is 23.3 Å². The van der Waals surface area contributed by atoms with Crippen LogP contribution in [0.25, 0.3) is 0 Å². The highest BCUT2D eigenvalue weighted by Gasteiger charge is 2.51. The molecule has 1 aliphatic carbocycles. The number of imide groups is 1. The minimum atomic E-state index is -1.05. The van der Waals surface area contributed by atoms with Gasteiger partial charge in [0.1, 0.15) is 6.04 Å². The molecular weight excluding hydrogens is 384 g/mol. The van der Waals surface area contributed by atoms with Crippen molar-refractivity contribution in [3.05, 3.63) is 28.8 Å². The summed E-state index contributed by atoms with van der Waals surface area (Å²) in [6, 6.07) is 4.01. The maximum Gasteiger partial charge on any atom is 0.329 e. The number of benzene rings is 1. The van der Waals surface area contributed by atoms with Crippen LogP contribution in [0.15, 0.2) is 18.2 Å². The van der Waals surface area contributed by atoms with Gasteiger partial charge in [0.25, 0.3) is 5.91 Å². The monoisotopic (exact) mass is 406 g/mol. The number of amides is 3. The van der Waals surface area contributed by atoms with Crippen molar-refractivity contribution in [2.45, 2.75) is 45.6 Å². The summed E-state index contributed by atoms with van der Waals surface area (Å²) in [6.07, 6.45) is 3.18. The van der Waals surface area contributed by atoms with E-state index >= 15 is 0 Å². The normalized spacial score (nSPS) is 22.6. The number of hydrogen-bond acceptors (Lipinski definition) is 5. The Morgan fingerprint density at radius 2 is 1.82 bits per heavy atom. The molecule has 0 unspecified atom stereocenters. The molecule has 2 aliphatic rings. The molecule has 3 rings (SSSR count). The van der Waals surface area contributed by atoms with Gasteiger partial charge in [-0.2, -0.15) is 0 Å². The second-order valence-electron chi connectivity index (χ2n) is 7.34. The molecule has 1 heterocycles. The van der Waals surface area contributed by atoms with Crippen molar-refractivity contribution >= 4 is 41.0 Å². The number of esters is 1. The van der Waals surface area contributed by atoms with E-state index in [9.17, 15) is 19.2 Å². The lowest BCUT2D eigenvalue weighted by molar-refractivity contribution is -0.159. The van der Waals surface area contributed by atoms with Gasteiger partial charge in [-0.05, 0) is 44.4 Å². The standard InChI is InChI=1S/C20H23ClN2O5/c1-11-7-8-13(21)9-16(11)22-17(24)10-28-20(27)12(2)23-18(25)14-5-3-4-6-15(14)19(23)26/h7-9,12,14-15H,3-6,10H2,1-2H3,(H,22,24)/t12-,14-,15+/m0/s1. The zero-order valence-corrected chi connectivity index (χ0v) is 16.6. The van der Waals surface area contributed by atoms with Gasteiger partial charge in [-0.15, -0.1) is 0 Å². The molecule has 1 aromatic rings. The van der Waals surface area contributed by atoms with Crippen LogP contribution in [-0.2, 0) is 23.9 Å². The number of ether oxygens (including phenoxy) is 1. The molecule has 0 radical (unpaired) electrons. The summed E-state index contributed by atoms with van der Waals surface area (Å²) in [6.45, 7) is 2.75. The number of aryl methyl sites for hydroxylation is 1. The first-order chi connectivity index (χ1) is 13.3. The molecule has 1 aromatic carbocycles. The van der Waals surface area contributed by atoms with E-state index in [1.807, 2.05) is 6.92 Å². The lowest BCUT2D eigenvalue weighted by Gasteiger charge is -2.21. The number of fused-ring (bicyclic) bond motifs is 1. The van der Waals surface area contributed by atoms with Gasteiger partial charge in [0.2, 0.25) is 11.8 Å². The summed E-state index contributed by atoms with van der Waals surface area (Å²) in [7, 11) is 0. The molecule has 8 heteroatoms. The smallest absolute Gasteiger partial charge is 0.329 e. The molecular formula is C20H23ClN2O5. The topological polar surface area (TPSA) is 92.8 Å². The largest absolute Gasteiger partial charge is 0.454 e. The Balaban J connectivity index is 1.57. The summed E-state index contributed by atoms with van der Waals surface area (Å²) in [5.74, 6) is -2.58. The second kappa shape index (κ2) is 8.31. The SMILES string of the molecule is Cc1ccc(Cl)cc1NC(=O)COC(=O)[C@H](C)N1C(=O)[C@H]2CCCC[C@H]2C1=O. The van der Waals surface area contributed by atoms with Gasteiger partial charge in [0.05, 0.1) is 11.8 Å². The van der Waals surface area contributed by atoms with Crippen LogP contribution in [0.5, 0.6) is 0 Å². The maximum atomic E-state index is 12.6. The lowest BCUT2D eigenvalue weighted by Crippen LogP contribution is -2.45. The van der Waals surface area contributed by atoms with Crippen LogP contribution in [0.3, 0.4) is 0 Å². The Morgan fingerprint density at radius 3 is 2.43 bits per heavy atom. The van der Waals surface area contributed by atoms with Crippen molar-refractivity contribution in [3.63, 3.8) is 0 Å². The first-order valence-electron chi connectivity index (χ1n) is 9.39. The van der Waals surface area contributed by atoms with E-state index in [4.69, 9.17) is 16.3 Å². The summed E-state index contributed by atoms with van der Waals surface area (Å²) in [5.41, 5.74) is 1.34. The van der Waals surface area contributed by atoms with E-state index in [-0.39, 0.29) is 23.7 Å². The van der Waals surface area contributed by atoms with E-state index in [1.54, 1.807) is 18.2 Å². The van der Waals surface area contributed by atoms with Gasteiger partial charge in [-0.1, -0.05) is 30.5 Å². The van der Waals surface area contributed by atoms with Crippen molar-refractivity contribution in [1.82, 2.24) is 4.90 Å². The minimum absolute atomic E-state index is 0.307. The van der Waals surface area contributed by atoms with Crippen LogP contribution in [0.4, 0.5) is 5.69 Å². The minimum Gasteiger partial charge on any atom is -0.454 e. The number of anilines is 1. The summed E-state index contributed by atoms with van der Waals surface area (Å²) < 4.78 is 5.04. The van der Waals surface area contributed by atoms with Crippen LogP contribution < -0.4 is 5.32 Å². The Bertz CT molecular complexity index is 801. The molecule has 1 aliphatic heterocycles. The molecule has 3 atom stereocenters. The number of nitrogens with zero attached hydrogens (tertiary/aromatic N) is 1. The van der Waals surface area contributed by atoms with Crippen LogP contribution in [0.1, 0.15) is 38.2 Å². The molecule has 1 N–H and O–H groups in total. The van der Waals surface area contributed by atoms with Gasteiger partial charge >= 0.3 is 5.97 Å². The van der Waals surface area contributed by atoms with Gasteiger partial charge < -0.3 is 10.1 Å². The molecule has 2 fully saturated rings. The zero-order valence-electron chi connectivity index (χ0n) is 15.9. The average Bonchev–Trinajstić information content (AvgIpc) is 2.93. The number of hydrogen-bond donors (Lipinski definition) is 1. The van der Waals surface area contributed by atoms with E-state index in [2.05, 4.69) is 5.32 Å². The fraction of sp³-hybridized carbons (Fsp3) is 0.500. The summed E-state index contributed by atoms with van der Waals surface area (Å²) >= 11 is 5.92. The molecule has 1 saturated carbocycles. The third-order valence-electron chi connectivity index (χ3n) is 5.42. The highest BCUT2D eigenvalue weighted by Crippen LogP contribution is 2.38. The van der Waals surface area contributed by atoms with Crippen LogP contribution in [-0.4, -0.2) is 41.2 Å². The maximum absolute atomic E-state index is 12.6. The Labute approximate surface area is 168 Å². The first-order valence-corrected chi connectivity index (χ1v) is 9.77. The second-order valence-corrected chi connectivity index (χ2v) is 7.77. The van der Waals surface area contributed by atoms with Gasteiger partial charge in [-0.25, -0.2) is 4.79 Å². The Kier molecular flexibility index (Phi) is 6.03. The molecule has 28 heavy (non-hydrogen) atoms. The summed E-state index contributed by atoms with van der Waals surface area (Å²) in [4.78, 5) is 50.5. The Morgan fingerprint density at radius 1 is 1.21 bits per heavy atom. The quantitative estimate of drug-likeness (QED) is 0.599. The van der Waals surface area contributed by atoms with Crippen LogP contribution >= 0.6 is 11.6 Å². The molecule has 1 saturated heterocycles. The van der Waals surface area contributed by atoms with E-state index in [0.29, 0.717) is 23.6 Å². The van der Waals surface area contributed by atoms with E-state index < -0.39 is 24.5 Å². The average molecular weight is 407 g/mol. The Hall–Kier alpha value is -2.41. The number of rotatable bonds is 5. The van der Waals surface area contributed by atoms with Crippen LogP contribution in [0, 0.1) is 18.8 Å². The number of halogens is 1. The number of carbonyl (C=O) groups excluding carboxylic acids is 4. The van der Waals surface area contributed by atoms with E-state index in [1.165, 1.54) is 6.92 Å². The van der Waals surface area contributed by atoms with Gasteiger partial charge in [0, 0.05) is 10.7 Å². The van der Waals surface area contributed by atoms with Crippen molar-refractivity contribution in [2.75, 3.05) is 11.9 Å². The molecule has 3 amide bonds. The number of likely N-dealkylation sites (tertiary alicyclic amines) is 1. The predicted molar refractivity (Wildman–Crippen MR) is 103 cm³/mol. The molecule has 150 valence electrons. The van der Waals surface area contributed by atoms with Crippen LogP contribution in [0.2, 0.25) is 5.02 Å². The molecule has 0 aromatic heterocycles. The highest BCUT2D eigenvalue weighted by molar-refractivity contribution is 6.31. The third kappa shape index (κ3) is 4.04. The van der Waals surface area contributed by atoms with Gasteiger partial charge in [-0.3, -0.25) is 19.3 Å². The van der Waals surface area contributed by atoms with Crippen molar-refractivity contribution in [1.29, 1.82) is 0 Å². The number of carbonyl (C=O) groups is 4. The van der Waals surface area contributed by atoms with Gasteiger partial charge in [0.15, 0.2) is 6.61 Å². The fourth-order valence-electron chi connectivity index (χ4n) is 3.85. The van der Waals surface area contributed by atoms with Crippen molar-refractivity contribution < 1.29 is 23.9 Å². The first kappa shape index (κ1) is 20.3. The lowest BCUT2D eigenvalue weighted by atomic mass is 9.81. The fourth-order valence-corrected chi connectivity index (χ4v) is 4.02. The third-order valence-corrected chi connectivity index (χ3v) is 5.66. The molecule has 0 bridgehead atoms. The molecule has 0 spiro atoms. The van der Waals surface area contributed by atoms with Crippen molar-refractivity contribution in [2.24, 2.45) is 11.8 Å². The number of nitrogens with one attached hydrogen (secondary N) is 1. The van der Waals surface area contributed by atoms with Crippen molar-refractivity contribution in [3.8, 4) is 0 Å². The predicted octanol–water partition coefficient (Wildman–Crippen LogP) is 2.69. The highest BCUT2D eigenvalue weighted by atomic mass is 35.5. The zero-order chi connectivity index (χ0) is 20.4.